The van der Waals surface area contributed by atoms with Gasteiger partial charge in [0.1, 0.15) is 5.82 Å². The largest absolute Gasteiger partial charge is 0.357 e. The molecule has 0 fully saturated rings. The molecule has 3 rings (SSSR count). The molecule has 2 aromatic carbocycles. The molecule has 3 aromatic rings. The van der Waals surface area contributed by atoms with Gasteiger partial charge in [0.05, 0.1) is 0 Å². The third-order valence-electron chi connectivity index (χ3n) is 3.15. The predicted molar refractivity (Wildman–Crippen MR) is 91.2 cm³/mol. The molecule has 106 valence electrons. The van der Waals surface area contributed by atoms with E-state index in [0.717, 1.165) is 21.7 Å². The minimum atomic E-state index is 0.613. The van der Waals surface area contributed by atoms with Crippen LogP contribution in [0.3, 0.4) is 0 Å². The Balaban J connectivity index is 1.94. The van der Waals surface area contributed by atoms with Crippen molar-refractivity contribution in [2.45, 2.75) is 6.92 Å². The highest BCUT2D eigenvalue weighted by atomic mass is 79.9. The summed E-state index contributed by atoms with van der Waals surface area (Å²) in [7, 11) is 1.81. The molecular formula is C16H15BrN4. The number of hydrogen-bond acceptors (Lipinski definition) is 4. The molecule has 0 aliphatic carbocycles. The number of fused-ring (bicyclic) bond motifs is 1. The fourth-order valence-corrected chi connectivity index (χ4v) is 2.57. The topological polar surface area (TPSA) is 49.8 Å². The van der Waals surface area contributed by atoms with E-state index in [1.54, 1.807) is 0 Å². The van der Waals surface area contributed by atoms with Gasteiger partial charge in [0, 0.05) is 29.0 Å². The number of aromatic nitrogens is 2. The van der Waals surface area contributed by atoms with Gasteiger partial charge in [-0.25, -0.2) is 4.98 Å². The van der Waals surface area contributed by atoms with E-state index in [4.69, 9.17) is 0 Å². The van der Waals surface area contributed by atoms with Crippen molar-refractivity contribution in [2.75, 3.05) is 17.7 Å². The summed E-state index contributed by atoms with van der Waals surface area (Å²) < 4.78 is 1.08. The van der Waals surface area contributed by atoms with Crippen molar-refractivity contribution in [1.82, 2.24) is 9.97 Å². The lowest BCUT2D eigenvalue weighted by Gasteiger charge is -2.09. The SMILES string of the molecule is CNc1nc(C)cc(Nc2ccc3cc(Br)ccc3c2)n1. The quantitative estimate of drug-likeness (QED) is 0.736. The number of nitrogens with one attached hydrogen (secondary N) is 2. The van der Waals surface area contributed by atoms with E-state index in [2.05, 4.69) is 60.8 Å². The Hall–Kier alpha value is -2.14. The highest BCUT2D eigenvalue weighted by Gasteiger charge is 2.02. The molecule has 0 spiro atoms. The van der Waals surface area contributed by atoms with E-state index in [-0.39, 0.29) is 0 Å². The highest BCUT2D eigenvalue weighted by Crippen LogP contribution is 2.24. The molecule has 0 aliphatic rings. The predicted octanol–water partition coefficient (Wildman–Crippen LogP) is 4.49. The van der Waals surface area contributed by atoms with Crippen LogP contribution in [0.15, 0.2) is 46.9 Å². The van der Waals surface area contributed by atoms with Gasteiger partial charge in [0.15, 0.2) is 0 Å². The zero-order valence-corrected chi connectivity index (χ0v) is 13.4. The van der Waals surface area contributed by atoms with Gasteiger partial charge in [-0.3, -0.25) is 0 Å². The smallest absolute Gasteiger partial charge is 0.224 e. The van der Waals surface area contributed by atoms with Gasteiger partial charge in [-0.05, 0) is 42.0 Å². The van der Waals surface area contributed by atoms with E-state index >= 15 is 0 Å². The summed E-state index contributed by atoms with van der Waals surface area (Å²) in [4.78, 5) is 8.69. The number of nitrogens with zero attached hydrogens (tertiary/aromatic N) is 2. The van der Waals surface area contributed by atoms with Gasteiger partial charge in [0.2, 0.25) is 5.95 Å². The van der Waals surface area contributed by atoms with Gasteiger partial charge >= 0.3 is 0 Å². The molecule has 0 aliphatic heterocycles. The molecule has 0 radical (unpaired) electrons. The molecule has 0 amide bonds. The molecule has 0 unspecified atom stereocenters. The summed E-state index contributed by atoms with van der Waals surface area (Å²) in [5.74, 6) is 1.39. The molecule has 2 N–H and O–H groups in total. The van der Waals surface area contributed by atoms with E-state index in [1.165, 1.54) is 10.8 Å². The van der Waals surface area contributed by atoms with Gasteiger partial charge in [-0.2, -0.15) is 4.98 Å². The Kier molecular flexibility index (Phi) is 3.75. The second-order valence-corrected chi connectivity index (χ2v) is 5.72. The van der Waals surface area contributed by atoms with Crippen molar-refractivity contribution in [3.05, 3.63) is 52.6 Å². The average molecular weight is 343 g/mol. The van der Waals surface area contributed by atoms with E-state index in [1.807, 2.05) is 32.2 Å². The van der Waals surface area contributed by atoms with Crippen molar-refractivity contribution < 1.29 is 0 Å². The number of hydrogen-bond donors (Lipinski definition) is 2. The summed E-state index contributed by atoms with van der Waals surface area (Å²) in [6, 6.07) is 14.4. The second kappa shape index (κ2) is 5.69. The lowest BCUT2D eigenvalue weighted by Crippen LogP contribution is -2.01. The molecule has 1 heterocycles. The van der Waals surface area contributed by atoms with Crippen molar-refractivity contribution >= 4 is 44.2 Å². The normalized spacial score (nSPS) is 10.6. The van der Waals surface area contributed by atoms with Crippen LogP contribution in [0.25, 0.3) is 10.8 Å². The fraction of sp³-hybridized carbons (Fsp3) is 0.125. The molecule has 0 atom stereocenters. The maximum Gasteiger partial charge on any atom is 0.224 e. The van der Waals surface area contributed by atoms with Gasteiger partial charge < -0.3 is 10.6 Å². The molecule has 0 saturated carbocycles. The molecular weight excluding hydrogens is 328 g/mol. The van der Waals surface area contributed by atoms with Crippen molar-refractivity contribution in [3.63, 3.8) is 0 Å². The van der Waals surface area contributed by atoms with Gasteiger partial charge in [-0.15, -0.1) is 0 Å². The lowest BCUT2D eigenvalue weighted by atomic mass is 10.1. The zero-order valence-electron chi connectivity index (χ0n) is 11.8. The maximum atomic E-state index is 4.40. The summed E-state index contributed by atoms with van der Waals surface area (Å²) in [5.41, 5.74) is 1.92. The zero-order chi connectivity index (χ0) is 14.8. The first-order valence-electron chi connectivity index (χ1n) is 6.64. The Morgan fingerprint density at radius 1 is 0.952 bits per heavy atom. The van der Waals surface area contributed by atoms with Crippen LogP contribution in [0, 0.1) is 6.92 Å². The third-order valence-corrected chi connectivity index (χ3v) is 3.65. The van der Waals surface area contributed by atoms with Crippen LogP contribution >= 0.6 is 15.9 Å². The summed E-state index contributed by atoms with van der Waals surface area (Å²) in [5, 5.41) is 8.67. The maximum absolute atomic E-state index is 4.40. The Morgan fingerprint density at radius 3 is 2.52 bits per heavy atom. The number of rotatable bonds is 3. The van der Waals surface area contributed by atoms with E-state index in [0.29, 0.717) is 5.95 Å². The molecule has 0 bridgehead atoms. The lowest BCUT2D eigenvalue weighted by molar-refractivity contribution is 1.10. The molecule has 21 heavy (non-hydrogen) atoms. The van der Waals surface area contributed by atoms with Crippen molar-refractivity contribution in [1.29, 1.82) is 0 Å². The average Bonchev–Trinajstić information content (AvgIpc) is 2.47. The number of halogens is 1. The second-order valence-electron chi connectivity index (χ2n) is 4.80. The van der Waals surface area contributed by atoms with Crippen molar-refractivity contribution in [2.24, 2.45) is 0 Å². The Morgan fingerprint density at radius 2 is 1.71 bits per heavy atom. The Bertz CT molecular complexity index is 801. The van der Waals surface area contributed by atoms with Gasteiger partial charge in [0.25, 0.3) is 0 Å². The minimum absolute atomic E-state index is 0.613. The first kappa shape index (κ1) is 13.8. The summed E-state index contributed by atoms with van der Waals surface area (Å²) >= 11 is 3.49. The Labute approximate surface area is 131 Å². The molecule has 5 heteroatoms. The monoisotopic (exact) mass is 342 g/mol. The number of benzene rings is 2. The van der Waals surface area contributed by atoms with Crippen LogP contribution < -0.4 is 10.6 Å². The third kappa shape index (κ3) is 3.13. The summed E-state index contributed by atoms with van der Waals surface area (Å²) in [6.07, 6.45) is 0. The fourth-order valence-electron chi connectivity index (χ4n) is 2.19. The summed E-state index contributed by atoms with van der Waals surface area (Å²) in [6.45, 7) is 1.95. The van der Waals surface area contributed by atoms with Crippen molar-refractivity contribution in [3.8, 4) is 0 Å². The first-order chi connectivity index (χ1) is 10.1. The number of anilines is 3. The van der Waals surface area contributed by atoms with Crippen LogP contribution in [0.2, 0.25) is 0 Å². The van der Waals surface area contributed by atoms with Crippen LogP contribution in [0.1, 0.15) is 5.69 Å². The molecule has 1 aromatic heterocycles. The van der Waals surface area contributed by atoms with Crippen LogP contribution in [0.4, 0.5) is 17.5 Å². The van der Waals surface area contributed by atoms with Crippen LogP contribution in [-0.4, -0.2) is 17.0 Å². The first-order valence-corrected chi connectivity index (χ1v) is 7.43. The highest BCUT2D eigenvalue weighted by molar-refractivity contribution is 9.10. The standard InChI is InChI=1S/C16H15BrN4/c1-10-7-15(21-16(18-2)19-10)20-14-6-4-11-8-13(17)5-3-12(11)9-14/h3-9H,1-2H3,(H2,18,19,20,21). The number of aryl methyl sites for hydroxylation is 1. The minimum Gasteiger partial charge on any atom is -0.357 e. The van der Waals surface area contributed by atoms with Crippen LogP contribution in [-0.2, 0) is 0 Å². The van der Waals surface area contributed by atoms with E-state index in [9.17, 15) is 0 Å². The molecule has 0 saturated heterocycles. The van der Waals surface area contributed by atoms with E-state index < -0.39 is 0 Å². The molecule has 4 nitrogen and oxygen atoms in total. The van der Waals surface area contributed by atoms with Gasteiger partial charge in [-0.1, -0.05) is 28.1 Å². The van der Waals surface area contributed by atoms with Crippen LogP contribution in [0.5, 0.6) is 0 Å².